The van der Waals surface area contributed by atoms with E-state index >= 15 is 0 Å². The fourth-order valence-electron chi connectivity index (χ4n) is 5.57. The van der Waals surface area contributed by atoms with Gasteiger partial charge in [-0.25, -0.2) is 9.37 Å². The molecule has 0 aliphatic carbocycles. The van der Waals surface area contributed by atoms with E-state index in [1.54, 1.807) is 23.0 Å². The van der Waals surface area contributed by atoms with E-state index in [1.165, 1.54) is 12.1 Å². The predicted molar refractivity (Wildman–Crippen MR) is 212 cm³/mol. The zero-order valence-electron chi connectivity index (χ0n) is 32.2. The standard InChI is InChI=1S/C37H54BrFN6O5Si2/c1-25(42-35(46)37(4)21-49-36(2,3)50-22-37)32-31(38)34(44(23-47-13-15-51(5,6)7)24-48-14-16-52(8,9)10)45-33(43-32)29(20-41-45)27-17-26-18-28(39)11-12-30(26)40-19-27/h11-12,17-20,25H,13-16,21-24H2,1-10H3,(H,42,46). The van der Waals surface area contributed by atoms with Gasteiger partial charge >= 0.3 is 0 Å². The Morgan fingerprint density at radius 3 is 2.23 bits per heavy atom. The first kappa shape index (κ1) is 40.4. The molecule has 284 valence electrons. The molecule has 0 spiro atoms. The van der Waals surface area contributed by atoms with Gasteiger partial charge in [-0.2, -0.15) is 9.61 Å². The normalized spacial score (nSPS) is 16.7. The number of fused-ring (bicyclic) bond motifs is 2. The SMILES string of the molecule is CC(NC(=O)C1(C)COC(C)(C)OC1)c1nc2c(-c3cnc4ccc(F)cc4c3)cnn2c(N(COCC[Si](C)(C)C)COCC[Si](C)(C)C)c1Br. The van der Waals surface area contributed by atoms with Crippen LogP contribution in [0, 0.1) is 11.2 Å². The van der Waals surface area contributed by atoms with E-state index in [4.69, 9.17) is 29.0 Å². The molecular formula is C37H54BrFN6O5Si2. The van der Waals surface area contributed by atoms with Crippen LogP contribution in [0.5, 0.6) is 0 Å². The molecule has 11 nitrogen and oxygen atoms in total. The molecule has 1 saturated heterocycles. The van der Waals surface area contributed by atoms with E-state index in [-0.39, 0.29) is 38.4 Å². The number of rotatable bonds is 15. The second kappa shape index (κ2) is 15.9. The lowest BCUT2D eigenvalue weighted by Crippen LogP contribution is -2.53. The Labute approximate surface area is 317 Å². The number of nitrogens with one attached hydrogen (secondary N) is 1. The van der Waals surface area contributed by atoms with Gasteiger partial charge in [0.1, 0.15) is 19.3 Å². The molecule has 1 aromatic carbocycles. The number of halogens is 2. The maximum atomic E-state index is 14.2. The summed E-state index contributed by atoms with van der Waals surface area (Å²) in [5, 5.41) is 8.67. The molecule has 0 saturated carbocycles. The fraction of sp³-hybridized carbons (Fsp3) is 0.568. The van der Waals surface area contributed by atoms with Gasteiger partial charge in [0.25, 0.3) is 0 Å². The molecular weight excluding hydrogens is 764 g/mol. The van der Waals surface area contributed by atoms with E-state index in [0.717, 1.165) is 17.7 Å². The van der Waals surface area contributed by atoms with Gasteiger partial charge in [-0.05, 0) is 80.0 Å². The first-order valence-corrected chi connectivity index (χ1v) is 26.1. The van der Waals surface area contributed by atoms with Crippen LogP contribution in [-0.2, 0) is 23.7 Å². The Morgan fingerprint density at radius 1 is 1.02 bits per heavy atom. The first-order chi connectivity index (χ1) is 24.3. The number of carbonyl (C=O) groups excluding carboxylic acids is 1. The van der Waals surface area contributed by atoms with Crippen LogP contribution in [0.25, 0.3) is 27.7 Å². The van der Waals surface area contributed by atoms with Crippen LogP contribution in [0.15, 0.2) is 41.1 Å². The van der Waals surface area contributed by atoms with Gasteiger partial charge in [0.15, 0.2) is 17.3 Å². The van der Waals surface area contributed by atoms with E-state index < -0.39 is 33.4 Å². The van der Waals surface area contributed by atoms with Crippen molar-refractivity contribution < 1.29 is 28.1 Å². The molecule has 0 bridgehead atoms. The van der Waals surface area contributed by atoms with Gasteiger partial charge in [0.05, 0.1) is 46.6 Å². The first-order valence-electron chi connectivity index (χ1n) is 17.9. The number of benzene rings is 1. The quantitative estimate of drug-likeness (QED) is 0.0721. The van der Waals surface area contributed by atoms with E-state index in [9.17, 15) is 9.18 Å². The van der Waals surface area contributed by atoms with Crippen molar-refractivity contribution in [1.29, 1.82) is 0 Å². The van der Waals surface area contributed by atoms with Crippen molar-refractivity contribution >= 4 is 60.4 Å². The third-order valence-electron chi connectivity index (χ3n) is 9.12. The Bertz CT molecular complexity index is 1860. The summed E-state index contributed by atoms with van der Waals surface area (Å²) in [7, 11) is -2.67. The summed E-state index contributed by atoms with van der Waals surface area (Å²) in [6, 6.07) is 7.91. The van der Waals surface area contributed by atoms with Gasteiger partial charge in [-0.1, -0.05) is 39.3 Å². The smallest absolute Gasteiger partial charge is 0.231 e. The number of aromatic nitrogens is 4. The Balaban J connectivity index is 1.58. The van der Waals surface area contributed by atoms with Gasteiger partial charge in [0, 0.05) is 52.1 Å². The monoisotopic (exact) mass is 816 g/mol. The molecule has 1 atom stereocenters. The highest BCUT2D eigenvalue weighted by Crippen LogP contribution is 2.37. The van der Waals surface area contributed by atoms with Crippen molar-refractivity contribution in [3.05, 3.63) is 52.6 Å². The maximum absolute atomic E-state index is 14.2. The minimum Gasteiger partial charge on any atom is -0.361 e. The average molecular weight is 818 g/mol. The number of carbonyl (C=O) groups is 1. The van der Waals surface area contributed by atoms with Gasteiger partial charge in [-0.3, -0.25) is 9.78 Å². The highest BCUT2D eigenvalue weighted by molar-refractivity contribution is 9.10. The lowest BCUT2D eigenvalue weighted by atomic mass is 9.90. The number of ether oxygens (including phenoxy) is 4. The second-order valence-electron chi connectivity index (χ2n) is 17.0. The van der Waals surface area contributed by atoms with E-state index in [1.807, 2.05) is 38.7 Å². The van der Waals surface area contributed by atoms with Gasteiger partial charge in [0.2, 0.25) is 5.91 Å². The van der Waals surface area contributed by atoms with Crippen LogP contribution >= 0.6 is 15.9 Å². The molecule has 5 rings (SSSR count). The van der Waals surface area contributed by atoms with Crippen LogP contribution in [0.1, 0.15) is 39.4 Å². The minimum atomic E-state index is -1.34. The molecule has 15 heteroatoms. The molecule has 4 heterocycles. The van der Waals surface area contributed by atoms with Gasteiger partial charge < -0.3 is 29.2 Å². The summed E-state index contributed by atoms with van der Waals surface area (Å²) in [5.41, 5.74) is 2.35. The Hall–Kier alpha value is -2.80. The molecule has 1 aliphatic rings. The van der Waals surface area contributed by atoms with E-state index in [2.05, 4.69) is 65.5 Å². The maximum Gasteiger partial charge on any atom is 0.231 e. The molecule has 1 amide bonds. The summed E-state index contributed by atoms with van der Waals surface area (Å²) in [6.45, 7) is 23.6. The Kier molecular flexibility index (Phi) is 12.3. The third-order valence-corrected chi connectivity index (χ3v) is 13.3. The molecule has 1 fully saturated rings. The summed E-state index contributed by atoms with van der Waals surface area (Å²) in [6.07, 6.45) is 3.48. The summed E-state index contributed by atoms with van der Waals surface area (Å²) < 4.78 is 41.0. The fourth-order valence-corrected chi connectivity index (χ4v) is 7.94. The van der Waals surface area contributed by atoms with Crippen molar-refractivity contribution in [3.63, 3.8) is 0 Å². The topological polar surface area (TPSA) is 112 Å². The third kappa shape index (κ3) is 10.0. The van der Waals surface area contributed by atoms with Gasteiger partial charge in [-0.15, -0.1) is 0 Å². The molecule has 3 aromatic heterocycles. The number of anilines is 1. The molecule has 0 radical (unpaired) electrons. The van der Waals surface area contributed by atoms with Crippen molar-refractivity contribution in [2.75, 3.05) is 44.8 Å². The zero-order valence-corrected chi connectivity index (χ0v) is 35.8. The van der Waals surface area contributed by atoms with Crippen LogP contribution in [0.3, 0.4) is 0 Å². The lowest BCUT2D eigenvalue weighted by Gasteiger charge is -2.40. The number of nitrogens with zero attached hydrogens (tertiary/aromatic N) is 5. The number of amides is 1. The van der Waals surface area contributed by atoms with Crippen LogP contribution in [0.2, 0.25) is 51.4 Å². The molecule has 1 unspecified atom stereocenters. The zero-order chi connectivity index (χ0) is 38.1. The van der Waals surface area contributed by atoms with Crippen molar-refractivity contribution in [3.8, 4) is 11.1 Å². The summed E-state index contributed by atoms with van der Waals surface area (Å²) in [4.78, 5) is 25.5. The number of pyridine rings is 1. The highest BCUT2D eigenvalue weighted by atomic mass is 79.9. The van der Waals surface area contributed by atoms with Crippen LogP contribution in [0.4, 0.5) is 10.2 Å². The predicted octanol–water partition coefficient (Wildman–Crippen LogP) is 8.24. The summed E-state index contributed by atoms with van der Waals surface area (Å²) >= 11 is 3.89. The minimum absolute atomic E-state index is 0.207. The summed E-state index contributed by atoms with van der Waals surface area (Å²) in [5.74, 6) is -0.630. The van der Waals surface area contributed by atoms with Crippen LogP contribution < -0.4 is 10.2 Å². The van der Waals surface area contributed by atoms with Crippen molar-refractivity contribution in [1.82, 2.24) is 24.9 Å². The average Bonchev–Trinajstić information content (AvgIpc) is 3.47. The van der Waals surface area contributed by atoms with E-state index in [0.29, 0.717) is 51.3 Å². The van der Waals surface area contributed by atoms with Crippen molar-refractivity contribution in [2.24, 2.45) is 5.41 Å². The molecule has 52 heavy (non-hydrogen) atoms. The molecule has 1 N–H and O–H groups in total. The van der Waals surface area contributed by atoms with Crippen molar-refractivity contribution in [2.45, 2.75) is 90.9 Å². The molecule has 4 aromatic rings. The largest absolute Gasteiger partial charge is 0.361 e. The number of hydrogen-bond donors (Lipinski definition) is 1. The van der Waals surface area contributed by atoms with Crippen LogP contribution in [-0.4, -0.2) is 87.3 Å². The lowest BCUT2D eigenvalue weighted by molar-refractivity contribution is -0.277. The highest BCUT2D eigenvalue weighted by Gasteiger charge is 2.43. The second-order valence-corrected chi connectivity index (χ2v) is 29.0. The Morgan fingerprint density at radius 2 is 1.63 bits per heavy atom. The molecule has 1 aliphatic heterocycles. The number of hydrogen-bond acceptors (Lipinski definition) is 9.